The van der Waals surface area contributed by atoms with Gasteiger partial charge in [-0.05, 0) is 55.3 Å². The van der Waals surface area contributed by atoms with E-state index in [0.29, 0.717) is 25.3 Å². The minimum Gasteiger partial charge on any atom is -0.375 e. The molecule has 2 atom stereocenters. The van der Waals surface area contributed by atoms with Gasteiger partial charge < -0.3 is 26.0 Å². The number of carbonyl (C=O) groups excluding carboxylic acids is 4. The Kier molecular flexibility index (Phi) is 11.3. The Balaban J connectivity index is 2.57. The quantitative estimate of drug-likeness (QED) is 0.274. The zero-order valence-electron chi connectivity index (χ0n) is 21.0. The summed E-state index contributed by atoms with van der Waals surface area (Å²) in [5.41, 5.74) is 3.92. The standard InChI is InChI=1S/C22H41N5O5S/c1-21(2,8-11-32-22(3,4)13-17(28)25-9-10-26(6)7)27-18(29)12-16(20(27)31)33-14-15(24-5)19(23)30/h15-16,24H,8-14H2,1-7H3,(H2,23,30)(H,25,28). The maximum absolute atomic E-state index is 12.9. The van der Waals surface area contributed by atoms with E-state index in [2.05, 4.69) is 10.6 Å². The molecule has 11 heteroatoms. The third-order valence-corrected chi connectivity index (χ3v) is 6.84. The van der Waals surface area contributed by atoms with Crippen LogP contribution < -0.4 is 16.4 Å². The summed E-state index contributed by atoms with van der Waals surface area (Å²) < 4.78 is 5.95. The van der Waals surface area contributed by atoms with Crippen LogP contribution in [0.2, 0.25) is 0 Å². The van der Waals surface area contributed by atoms with Crippen LogP contribution in [0.1, 0.15) is 47.0 Å². The van der Waals surface area contributed by atoms with E-state index < -0.39 is 28.3 Å². The average molecular weight is 488 g/mol. The topological polar surface area (TPSA) is 134 Å². The normalized spacial score (nSPS) is 18.2. The van der Waals surface area contributed by atoms with Crippen LogP contribution >= 0.6 is 11.8 Å². The van der Waals surface area contributed by atoms with Crippen LogP contribution in [0.4, 0.5) is 0 Å². The van der Waals surface area contributed by atoms with Gasteiger partial charge in [-0.1, -0.05) is 0 Å². The number of likely N-dealkylation sites (N-methyl/N-ethyl adjacent to an activating group) is 2. The fourth-order valence-corrected chi connectivity index (χ4v) is 4.76. The molecular formula is C22H41N5O5S. The van der Waals surface area contributed by atoms with E-state index in [-0.39, 0.29) is 30.6 Å². The molecule has 190 valence electrons. The number of nitrogens with two attached hydrogens (primary N) is 1. The van der Waals surface area contributed by atoms with Crippen LogP contribution in [0.3, 0.4) is 0 Å². The van der Waals surface area contributed by atoms with E-state index in [1.165, 1.54) is 16.7 Å². The van der Waals surface area contributed by atoms with Gasteiger partial charge in [0.05, 0.1) is 23.3 Å². The number of hydrogen-bond donors (Lipinski definition) is 3. The molecule has 1 heterocycles. The Bertz CT molecular complexity index is 713. The monoisotopic (exact) mass is 487 g/mol. The van der Waals surface area contributed by atoms with Crippen molar-refractivity contribution in [2.75, 3.05) is 46.6 Å². The number of hydrogen-bond acceptors (Lipinski definition) is 8. The zero-order chi connectivity index (χ0) is 25.4. The molecule has 10 nitrogen and oxygen atoms in total. The van der Waals surface area contributed by atoms with Crippen molar-refractivity contribution in [1.82, 2.24) is 20.4 Å². The van der Waals surface area contributed by atoms with Crippen molar-refractivity contribution in [3.05, 3.63) is 0 Å². The smallest absolute Gasteiger partial charge is 0.243 e. The molecule has 0 saturated carbocycles. The molecule has 4 N–H and O–H groups in total. The second kappa shape index (κ2) is 12.7. The van der Waals surface area contributed by atoms with E-state index >= 15 is 0 Å². The van der Waals surface area contributed by atoms with Gasteiger partial charge in [-0.2, -0.15) is 0 Å². The van der Waals surface area contributed by atoms with E-state index in [1.807, 2.05) is 46.7 Å². The molecule has 1 fully saturated rings. The molecule has 0 aromatic carbocycles. The van der Waals surface area contributed by atoms with Crippen molar-refractivity contribution in [3.8, 4) is 0 Å². The third kappa shape index (κ3) is 9.60. The summed E-state index contributed by atoms with van der Waals surface area (Å²) in [5, 5.41) is 5.15. The first-order valence-corrected chi connectivity index (χ1v) is 12.3. The Morgan fingerprint density at radius 3 is 2.45 bits per heavy atom. The van der Waals surface area contributed by atoms with Crippen LogP contribution in [-0.2, 0) is 23.9 Å². The highest BCUT2D eigenvalue weighted by molar-refractivity contribution is 8.00. The molecule has 0 radical (unpaired) electrons. The minimum atomic E-state index is -0.736. The Labute approximate surface area is 201 Å². The molecule has 0 spiro atoms. The summed E-state index contributed by atoms with van der Waals surface area (Å²) in [5.74, 6) is -0.750. The Hall–Kier alpha value is -1.69. The number of imide groups is 1. The largest absolute Gasteiger partial charge is 0.375 e. The predicted molar refractivity (Wildman–Crippen MR) is 130 cm³/mol. The number of nitrogens with zero attached hydrogens (tertiary/aromatic N) is 2. The van der Waals surface area contributed by atoms with Crippen LogP contribution in [-0.4, -0.2) is 102 Å². The number of amides is 4. The molecule has 0 aromatic heterocycles. The molecule has 1 rings (SSSR count). The van der Waals surface area contributed by atoms with Crippen LogP contribution in [0, 0.1) is 0 Å². The zero-order valence-corrected chi connectivity index (χ0v) is 21.8. The molecule has 0 bridgehead atoms. The lowest BCUT2D eigenvalue weighted by atomic mass is 9.98. The van der Waals surface area contributed by atoms with Gasteiger partial charge >= 0.3 is 0 Å². The lowest BCUT2D eigenvalue weighted by Gasteiger charge is -2.35. The van der Waals surface area contributed by atoms with Gasteiger partial charge in [0.1, 0.15) is 0 Å². The summed E-state index contributed by atoms with van der Waals surface area (Å²) in [7, 11) is 5.51. The SMILES string of the molecule is CNC(CSC1CC(=O)N(C(C)(C)CCOC(C)(C)CC(=O)NCCN(C)C)C1=O)C(N)=O. The second-order valence-corrected chi connectivity index (χ2v) is 11.1. The third-order valence-electron chi connectivity index (χ3n) is 5.54. The Morgan fingerprint density at radius 2 is 1.91 bits per heavy atom. The first kappa shape index (κ1) is 29.3. The molecule has 1 aliphatic heterocycles. The van der Waals surface area contributed by atoms with Gasteiger partial charge in [0.15, 0.2) is 0 Å². The lowest BCUT2D eigenvalue weighted by molar-refractivity contribution is -0.145. The molecule has 0 aliphatic carbocycles. The summed E-state index contributed by atoms with van der Waals surface area (Å²) in [6.07, 6.45) is 0.753. The van der Waals surface area contributed by atoms with Crippen LogP contribution in [0.25, 0.3) is 0 Å². The first-order valence-electron chi connectivity index (χ1n) is 11.2. The van der Waals surface area contributed by atoms with Gasteiger partial charge in [-0.15, -0.1) is 11.8 Å². The van der Waals surface area contributed by atoms with Gasteiger partial charge in [0, 0.05) is 37.4 Å². The fraction of sp³-hybridized carbons (Fsp3) is 0.818. The van der Waals surface area contributed by atoms with Crippen LogP contribution in [0.5, 0.6) is 0 Å². The van der Waals surface area contributed by atoms with Crippen molar-refractivity contribution in [3.63, 3.8) is 0 Å². The number of primary amides is 1. The number of likely N-dealkylation sites (tertiary alicyclic amines) is 1. The lowest BCUT2D eigenvalue weighted by Crippen LogP contribution is -2.49. The highest BCUT2D eigenvalue weighted by Gasteiger charge is 2.46. The van der Waals surface area contributed by atoms with E-state index in [0.717, 1.165) is 6.54 Å². The summed E-state index contributed by atoms with van der Waals surface area (Å²) in [6, 6.07) is -0.560. The molecule has 33 heavy (non-hydrogen) atoms. The molecule has 2 unspecified atom stereocenters. The highest BCUT2D eigenvalue weighted by Crippen LogP contribution is 2.33. The second-order valence-electron chi connectivity index (χ2n) is 9.84. The molecular weight excluding hydrogens is 446 g/mol. The van der Waals surface area contributed by atoms with Gasteiger partial charge in [-0.25, -0.2) is 0 Å². The number of nitrogens with one attached hydrogen (secondary N) is 2. The van der Waals surface area contributed by atoms with Crippen molar-refractivity contribution < 1.29 is 23.9 Å². The van der Waals surface area contributed by atoms with Crippen molar-refractivity contribution >= 4 is 35.4 Å². The van der Waals surface area contributed by atoms with Gasteiger partial charge in [-0.3, -0.25) is 24.1 Å². The summed E-state index contributed by atoms with van der Waals surface area (Å²) >= 11 is 1.27. The van der Waals surface area contributed by atoms with Gasteiger partial charge in [0.25, 0.3) is 0 Å². The van der Waals surface area contributed by atoms with E-state index in [1.54, 1.807) is 7.05 Å². The Morgan fingerprint density at radius 1 is 1.27 bits per heavy atom. The van der Waals surface area contributed by atoms with E-state index in [9.17, 15) is 19.2 Å². The number of carbonyl (C=O) groups is 4. The number of rotatable bonds is 15. The molecule has 4 amide bonds. The summed E-state index contributed by atoms with van der Waals surface area (Å²) in [4.78, 5) is 52.4. The van der Waals surface area contributed by atoms with Gasteiger partial charge in [0.2, 0.25) is 23.6 Å². The predicted octanol–water partition coefficient (Wildman–Crippen LogP) is -0.0478. The minimum absolute atomic E-state index is 0.0818. The summed E-state index contributed by atoms with van der Waals surface area (Å²) in [6.45, 7) is 8.99. The number of thioether (sulfide) groups is 1. The molecule has 1 saturated heterocycles. The highest BCUT2D eigenvalue weighted by atomic mass is 32.2. The number of ether oxygens (including phenoxy) is 1. The fourth-order valence-electron chi connectivity index (χ4n) is 3.50. The average Bonchev–Trinajstić information content (AvgIpc) is 2.94. The first-order chi connectivity index (χ1) is 15.2. The van der Waals surface area contributed by atoms with E-state index in [4.69, 9.17) is 10.5 Å². The van der Waals surface area contributed by atoms with Crippen molar-refractivity contribution in [2.24, 2.45) is 5.73 Å². The molecule has 1 aliphatic rings. The molecule has 0 aromatic rings. The van der Waals surface area contributed by atoms with Crippen molar-refractivity contribution in [2.45, 2.75) is 69.4 Å². The maximum atomic E-state index is 12.9. The van der Waals surface area contributed by atoms with Crippen LogP contribution in [0.15, 0.2) is 0 Å². The van der Waals surface area contributed by atoms with Crippen molar-refractivity contribution in [1.29, 1.82) is 0 Å². The maximum Gasteiger partial charge on any atom is 0.243 e.